The number of morpholine rings is 1. The molecule has 1 heterocycles. The number of nitrogens with zero attached hydrogens (tertiary/aromatic N) is 1. The summed E-state index contributed by atoms with van der Waals surface area (Å²) in [5.41, 5.74) is 3.25. The van der Waals surface area contributed by atoms with E-state index in [0.29, 0.717) is 32.7 Å². The van der Waals surface area contributed by atoms with Crippen molar-refractivity contribution in [2.75, 3.05) is 26.3 Å². The highest BCUT2D eigenvalue weighted by Gasteiger charge is 2.23. The summed E-state index contributed by atoms with van der Waals surface area (Å²) in [5.74, 6) is -0.478. The molecule has 0 unspecified atom stereocenters. The minimum atomic E-state index is -3.55. The average Bonchev–Trinajstić information content (AvgIpc) is 2.59. The van der Waals surface area contributed by atoms with Crippen LogP contribution in [0.5, 0.6) is 0 Å². The number of carbonyl (C=O) groups excluding carboxylic acids is 1. The van der Waals surface area contributed by atoms with E-state index in [1.807, 2.05) is 24.3 Å². The number of hydrogen-bond donors (Lipinski definition) is 3. The maximum Gasteiger partial charge on any atom is 0.279 e. The number of carbonyl (C=O) groups is 1. The van der Waals surface area contributed by atoms with Gasteiger partial charge in [-0.15, -0.1) is 0 Å². The lowest BCUT2D eigenvalue weighted by Gasteiger charge is -2.26. The van der Waals surface area contributed by atoms with Crippen molar-refractivity contribution >= 4 is 16.1 Å². The summed E-state index contributed by atoms with van der Waals surface area (Å²) in [7, 11) is -3.55. The molecule has 1 aliphatic rings. The van der Waals surface area contributed by atoms with Gasteiger partial charge in [-0.25, -0.2) is 5.48 Å². The highest BCUT2D eigenvalue weighted by Crippen LogP contribution is 2.12. The predicted molar refractivity (Wildman–Crippen MR) is 82.8 cm³/mol. The summed E-state index contributed by atoms with van der Waals surface area (Å²) in [6.45, 7) is 1.62. The molecule has 0 radical (unpaired) electrons. The Hall–Kier alpha value is -1.52. The van der Waals surface area contributed by atoms with Crippen LogP contribution in [0.1, 0.15) is 17.5 Å². The first-order valence-electron chi connectivity index (χ1n) is 7.35. The van der Waals surface area contributed by atoms with Crippen LogP contribution >= 0.6 is 0 Å². The van der Waals surface area contributed by atoms with Gasteiger partial charge in [0.25, 0.3) is 10.2 Å². The van der Waals surface area contributed by atoms with Crippen LogP contribution < -0.4 is 10.2 Å². The Balaban J connectivity index is 1.98. The molecule has 0 spiro atoms. The molecule has 0 saturated carbocycles. The molecule has 0 bridgehead atoms. The van der Waals surface area contributed by atoms with Crippen LogP contribution in [-0.2, 0) is 32.7 Å². The number of benzene rings is 1. The molecular formula is C14H21N3O5S. The second-order valence-corrected chi connectivity index (χ2v) is 6.90. The van der Waals surface area contributed by atoms with Gasteiger partial charge in [0.15, 0.2) is 0 Å². The molecule has 1 aromatic rings. The van der Waals surface area contributed by atoms with Gasteiger partial charge in [0, 0.05) is 26.1 Å². The van der Waals surface area contributed by atoms with Crippen molar-refractivity contribution in [3.63, 3.8) is 0 Å². The van der Waals surface area contributed by atoms with Crippen LogP contribution in [0.4, 0.5) is 0 Å². The lowest BCUT2D eigenvalue weighted by molar-refractivity contribution is -0.129. The number of hydroxylamine groups is 1. The Bertz CT molecular complexity index is 629. The minimum absolute atomic E-state index is 0.129. The zero-order valence-corrected chi connectivity index (χ0v) is 13.5. The fourth-order valence-corrected chi connectivity index (χ4v) is 3.48. The van der Waals surface area contributed by atoms with Gasteiger partial charge in [0.05, 0.1) is 13.2 Å². The van der Waals surface area contributed by atoms with Crippen molar-refractivity contribution in [2.24, 2.45) is 0 Å². The van der Waals surface area contributed by atoms with E-state index in [0.717, 1.165) is 11.1 Å². The lowest BCUT2D eigenvalue weighted by Crippen LogP contribution is -2.46. The zero-order valence-electron chi connectivity index (χ0n) is 12.7. The second-order valence-electron chi connectivity index (χ2n) is 5.14. The second kappa shape index (κ2) is 8.37. The number of rotatable bonds is 7. The standard InChI is InChI=1S/C14H21N3O5S/c18-14(16-19)6-5-12-3-1-2-4-13(12)11-15-23(20,21)17-7-9-22-10-8-17/h1-4,15,19H,5-11H2,(H,16,18). The minimum Gasteiger partial charge on any atom is -0.379 e. The molecule has 1 fully saturated rings. The van der Waals surface area contributed by atoms with Gasteiger partial charge in [0.1, 0.15) is 0 Å². The van der Waals surface area contributed by atoms with Gasteiger partial charge >= 0.3 is 0 Å². The van der Waals surface area contributed by atoms with Crippen molar-refractivity contribution in [3.8, 4) is 0 Å². The van der Waals surface area contributed by atoms with Crippen LogP contribution in [0.25, 0.3) is 0 Å². The van der Waals surface area contributed by atoms with E-state index in [9.17, 15) is 13.2 Å². The monoisotopic (exact) mass is 343 g/mol. The molecule has 2 rings (SSSR count). The predicted octanol–water partition coefficient (Wildman–Crippen LogP) is -0.209. The van der Waals surface area contributed by atoms with Crippen LogP contribution in [-0.4, -0.2) is 50.1 Å². The van der Waals surface area contributed by atoms with E-state index in [2.05, 4.69) is 4.72 Å². The molecule has 0 atom stereocenters. The third-order valence-electron chi connectivity index (χ3n) is 3.62. The first-order chi connectivity index (χ1) is 11.0. The van der Waals surface area contributed by atoms with Crippen LogP contribution in [0.2, 0.25) is 0 Å². The highest BCUT2D eigenvalue weighted by atomic mass is 32.2. The molecule has 23 heavy (non-hydrogen) atoms. The van der Waals surface area contributed by atoms with E-state index in [1.54, 1.807) is 5.48 Å². The summed E-state index contributed by atoms with van der Waals surface area (Å²) >= 11 is 0. The van der Waals surface area contributed by atoms with Crippen molar-refractivity contribution < 1.29 is 23.2 Å². The maximum atomic E-state index is 12.2. The van der Waals surface area contributed by atoms with Crippen molar-refractivity contribution in [1.29, 1.82) is 0 Å². The summed E-state index contributed by atoms with van der Waals surface area (Å²) in [6, 6.07) is 7.29. The van der Waals surface area contributed by atoms with E-state index < -0.39 is 16.1 Å². The van der Waals surface area contributed by atoms with Gasteiger partial charge in [-0.3, -0.25) is 10.0 Å². The van der Waals surface area contributed by atoms with Crippen molar-refractivity contribution in [1.82, 2.24) is 14.5 Å². The molecule has 1 amide bonds. The van der Waals surface area contributed by atoms with E-state index in [1.165, 1.54) is 4.31 Å². The summed E-state index contributed by atoms with van der Waals surface area (Å²) in [6.07, 6.45) is 0.547. The number of ether oxygens (including phenoxy) is 1. The van der Waals surface area contributed by atoms with Crippen LogP contribution in [0.3, 0.4) is 0 Å². The Morgan fingerprint density at radius 1 is 1.22 bits per heavy atom. The molecule has 0 aromatic heterocycles. The Morgan fingerprint density at radius 3 is 2.52 bits per heavy atom. The molecule has 3 N–H and O–H groups in total. The molecule has 1 aromatic carbocycles. The smallest absolute Gasteiger partial charge is 0.279 e. The highest BCUT2D eigenvalue weighted by molar-refractivity contribution is 7.87. The Morgan fingerprint density at radius 2 is 1.87 bits per heavy atom. The summed E-state index contributed by atoms with van der Waals surface area (Å²) in [4.78, 5) is 11.1. The van der Waals surface area contributed by atoms with Gasteiger partial charge in [-0.2, -0.15) is 17.4 Å². The van der Waals surface area contributed by atoms with Crippen LogP contribution in [0, 0.1) is 0 Å². The molecule has 1 aliphatic heterocycles. The number of hydrogen-bond acceptors (Lipinski definition) is 5. The summed E-state index contributed by atoms with van der Waals surface area (Å²) in [5, 5.41) is 8.53. The topological polar surface area (TPSA) is 108 Å². The van der Waals surface area contributed by atoms with E-state index in [4.69, 9.17) is 9.94 Å². The van der Waals surface area contributed by atoms with Crippen LogP contribution in [0.15, 0.2) is 24.3 Å². The normalized spacial score (nSPS) is 16.2. The number of aryl methyl sites for hydroxylation is 1. The Kier molecular flexibility index (Phi) is 6.48. The molecule has 8 nitrogen and oxygen atoms in total. The quantitative estimate of drug-likeness (QED) is 0.469. The number of amides is 1. The summed E-state index contributed by atoms with van der Waals surface area (Å²) < 4.78 is 33.6. The average molecular weight is 343 g/mol. The van der Waals surface area contributed by atoms with Gasteiger partial charge in [-0.05, 0) is 17.5 Å². The molecule has 128 valence electrons. The third kappa shape index (κ3) is 5.26. The fourth-order valence-electron chi connectivity index (χ4n) is 2.33. The van der Waals surface area contributed by atoms with Crippen molar-refractivity contribution in [3.05, 3.63) is 35.4 Å². The largest absolute Gasteiger partial charge is 0.379 e. The molecule has 0 aliphatic carbocycles. The zero-order chi connectivity index (χ0) is 16.7. The van der Waals surface area contributed by atoms with Gasteiger partial charge in [0.2, 0.25) is 5.91 Å². The third-order valence-corrected chi connectivity index (χ3v) is 5.17. The maximum absolute atomic E-state index is 12.2. The molecular weight excluding hydrogens is 322 g/mol. The van der Waals surface area contributed by atoms with Gasteiger partial charge in [-0.1, -0.05) is 24.3 Å². The van der Waals surface area contributed by atoms with Crippen molar-refractivity contribution in [2.45, 2.75) is 19.4 Å². The molecule has 9 heteroatoms. The van der Waals surface area contributed by atoms with Gasteiger partial charge < -0.3 is 4.74 Å². The van der Waals surface area contributed by atoms with E-state index >= 15 is 0 Å². The SMILES string of the molecule is O=C(CCc1ccccc1CNS(=O)(=O)N1CCOCC1)NO. The first kappa shape index (κ1) is 17.8. The molecule has 1 saturated heterocycles. The Labute approximate surface area is 135 Å². The fraction of sp³-hybridized carbons (Fsp3) is 0.500. The first-order valence-corrected chi connectivity index (χ1v) is 8.79. The van der Waals surface area contributed by atoms with E-state index in [-0.39, 0.29) is 13.0 Å². The number of nitrogens with one attached hydrogen (secondary N) is 2. The lowest BCUT2D eigenvalue weighted by atomic mass is 10.0.